The van der Waals surface area contributed by atoms with Gasteiger partial charge < -0.3 is 9.47 Å². The number of pyridine rings is 2. The van der Waals surface area contributed by atoms with Crippen LogP contribution in [-0.2, 0) is 13.0 Å². The van der Waals surface area contributed by atoms with E-state index in [1.165, 1.54) is 30.4 Å². The molecule has 0 bridgehead atoms. The monoisotopic (exact) mass is 417 g/mol. The molecule has 1 aliphatic heterocycles. The van der Waals surface area contributed by atoms with Crippen LogP contribution in [0.5, 0.6) is 11.6 Å². The molecule has 1 aromatic carbocycles. The highest BCUT2D eigenvalue weighted by atomic mass is 16.5. The molecule has 0 saturated carbocycles. The average molecular weight is 418 g/mol. The van der Waals surface area contributed by atoms with Gasteiger partial charge >= 0.3 is 0 Å². The van der Waals surface area contributed by atoms with Gasteiger partial charge in [-0.1, -0.05) is 12.1 Å². The lowest BCUT2D eigenvalue weighted by atomic mass is 9.89. The number of hydrogen-bond acceptors (Lipinski definition) is 5. The van der Waals surface area contributed by atoms with E-state index in [4.69, 9.17) is 9.47 Å². The molecule has 1 aliphatic rings. The van der Waals surface area contributed by atoms with Crippen molar-refractivity contribution in [1.82, 2.24) is 14.9 Å². The van der Waals surface area contributed by atoms with Crippen LogP contribution in [0.2, 0.25) is 0 Å². The van der Waals surface area contributed by atoms with Gasteiger partial charge in [-0.2, -0.15) is 0 Å². The molecule has 0 radical (unpaired) electrons. The van der Waals surface area contributed by atoms with Gasteiger partial charge in [0.05, 0.1) is 19.9 Å². The second-order valence-corrected chi connectivity index (χ2v) is 8.17. The molecule has 0 atom stereocenters. The fourth-order valence-corrected chi connectivity index (χ4v) is 4.41. The minimum Gasteiger partial charge on any atom is -0.497 e. The molecule has 0 unspecified atom stereocenters. The van der Waals surface area contributed by atoms with Crippen molar-refractivity contribution < 1.29 is 9.47 Å². The van der Waals surface area contributed by atoms with Crippen LogP contribution in [0.25, 0.3) is 11.3 Å². The summed E-state index contributed by atoms with van der Waals surface area (Å²) in [6.45, 7) is 3.16. The third-order valence-corrected chi connectivity index (χ3v) is 6.22. The van der Waals surface area contributed by atoms with E-state index in [2.05, 4.69) is 39.1 Å². The summed E-state index contributed by atoms with van der Waals surface area (Å²) in [5.41, 5.74) is 4.74. The van der Waals surface area contributed by atoms with Gasteiger partial charge in [0.15, 0.2) is 0 Å². The van der Waals surface area contributed by atoms with E-state index in [0.717, 1.165) is 54.9 Å². The zero-order valence-corrected chi connectivity index (χ0v) is 18.5. The van der Waals surface area contributed by atoms with E-state index in [-0.39, 0.29) is 0 Å². The Hall–Kier alpha value is -2.92. The molecule has 4 rings (SSSR count). The van der Waals surface area contributed by atoms with Gasteiger partial charge in [-0.25, -0.2) is 4.98 Å². The second-order valence-electron chi connectivity index (χ2n) is 8.17. The van der Waals surface area contributed by atoms with Crippen molar-refractivity contribution in [3.05, 3.63) is 72.1 Å². The Morgan fingerprint density at radius 3 is 2.29 bits per heavy atom. The van der Waals surface area contributed by atoms with Gasteiger partial charge in [-0.15, -0.1) is 0 Å². The Labute approximate surface area is 185 Å². The predicted molar refractivity (Wildman–Crippen MR) is 123 cm³/mol. The molecular weight excluding hydrogens is 386 g/mol. The van der Waals surface area contributed by atoms with Gasteiger partial charge in [0.1, 0.15) is 5.75 Å². The smallest absolute Gasteiger partial charge is 0.217 e. The van der Waals surface area contributed by atoms with Gasteiger partial charge in [0.25, 0.3) is 0 Å². The quantitative estimate of drug-likeness (QED) is 0.516. The van der Waals surface area contributed by atoms with Crippen molar-refractivity contribution in [2.75, 3.05) is 27.3 Å². The number of piperidine rings is 1. The number of benzene rings is 1. The molecule has 0 N–H and O–H groups in total. The third kappa shape index (κ3) is 5.42. The molecule has 2 aromatic heterocycles. The number of methoxy groups -OCH3 is 2. The first-order valence-electron chi connectivity index (χ1n) is 11.1. The summed E-state index contributed by atoms with van der Waals surface area (Å²) in [4.78, 5) is 11.5. The molecule has 0 aliphatic carbocycles. The lowest BCUT2D eigenvalue weighted by molar-refractivity contribution is 0.170. The molecule has 0 amide bonds. The van der Waals surface area contributed by atoms with Crippen molar-refractivity contribution in [3.8, 4) is 22.9 Å². The van der Waals surface area contributed by atoms with Crippen LogP contribution in [0, 0.1) is 5.92 Å². The molecule has 162 valence electrons. The highest BCUT2D eigenvalue weighted by Crippen LogP contribution is 2.28. The van der Waals surface area contributed by atoms with Crippen LogP contribution in [0.3, 0.4) is 0 Å². The van der Waals surface area contributed by atoms with E-state index in [1.54, 1.807) is 20.4 Å². The van der Waals surface area contributed by atoms with Crippen LogP contribution < -0.4 is 9.47 Å². The highest BCUT2D eigenvalue weighted by molar-refractivity contribution is 5.63. The lowest BCUT2D eigenvalue weighted by Gasteiger charge is -2.32. The van der Waals surface area contributed by atoms with E-state index in [0.29, 0.717) is 0 Å². The van der Waals surface area contributed by atoms with Crippen LogP contribution in [-0.4, -0.2) is 42.2 Å². The molecule has 3 heterocycles. The maximum absolute atomic E-state index is 5.41. The Morgan fingerprint density at radius 2 is 1.58 bits per heavy atom. The summed E-state index contributed by atoms with van der Waals surface area (Å²) in [5.74, 6) is 2.38. The normalized spacial score (nSPS) is 15.0. The van der Waals surface area contributed by atoms with Crippen LogP contribution in [0.4, 0.5) is 0 Å². The van der Waals surface area contributed by atoms with Crippen LogP contribution in [0.15, 0.2) is 60.9 Å². The molecule has 31 heavy (non-hydrogen) atoms. The van der Waals surface area contributed by atoms with Gasteiger partial charge in [0, 0.05) is 30.1 Å². The van der Waals surface area contributed by atoms with Crippen molar-refractivity contribution in [2.24, 2.45) is 5.92 Å². The van der Waals surface area contributed by atoms with E-state index >= 15 is 0 Å². The van der Waals surface area contributed by atoms with Crippen molar-refractivity contribution in [1.29, 1.82) is 0 Å². The highest BCUT2D eigenvalue weighted by Gasteiger charge is 2.21. The van der Waals surface area contributed by atoms with Crippen molar-refractivity contribution in [2.45, 2.75) is 32.2 Å². The Morgan fingerprint density at radius 1 is 0.871 bits per heavy atom. The van der Waals surface area contributed by atoms with Crippen molar-refractivity contribution in [3.63, 3.8) is 0 Å². The summed E-state index contributed by atoms with van der Waals surface area (Å²) in [6.07, 6.45) is 8.41. The number of aromatic nitrogens is 2. The molecule has 0 spiro atoms. The SMILES string of the molecule is COc1ccc(-c2ncccc2CCC2CCN(Cc3cccnc3OC)CC2)cc1. The first-order chi connectivity index (χ1) is 15.3. The third-order valence-electron chi connectivity index (χ3n) is 6.22. The topological polar surface area (TPSA) is 47.5 Å². The first kappa shape index (κ1) is 21.3. The fourth-order valence-electron chi connectivity index (χ4n) is 4.41. The second kappa shape index (κ2) is 10.4. The summed E-state index contributed by atoms with van der Waals surface area (Å²) in [7, 11) is 3.39. The zero-order valence-electron chi connectivity index (χ0n) is 18.5. The maximum atomic E-state index is 5.41. The summed E-state index contributed by atoms with van der Waals surface area (Å²) in [6, 6.07) is 16.6. The summed E-state index contributed by atoms with van der Waals surface area (Å²) in [5, 5.41) is 0. The average Bonchev–Trinajstić information content (AvgIpc) is 2.84. The number of aryl methyl sites for hydroxylation is 1. The number of ether oxygens (including phenoxy) is 2. The Kier molecular flexibility index (Phi) is 7.15. The molecule has 5 nitrogen and oxygen atoms in total. The lowest BCUT2D eigenvalue weighted by Crippen LogP contribution is -2.33. The van der Waals surface area contributed by atoms with Gasteiger partial charge in [0.2, 0.25) is 5.88 Å². The van der Waals surface area contributed by atoms with E-state index < -0.39 is 0 Å². The van der Waals surface area contributed by atoms with Crippen LogP contribution >= 0.6 is 0 Å². The zero-order chi connectivity index (χ0) is 21.5. The van der Waals surface area contributed by atoms with Gasteiger partial charge in [-0.05, 0) is 86.7 Å². The Bertz CT molecular complexity index is 966. The number of nitrogens with zero attached hydrogens (tertiary/aromatic N) is 3. The standard InChI is InChI=1S/C26H31N3O2/c1-30-24-11-9-22(10-12-24)25-21(5-3-15-27-25)8-7-20-13-17-29(18-14-20)19-23-6-4-16-28-26(23)31-2/h3-6,9-12,15-16,20H,7-8,13-14,17-19H2,1-2H3. The first-order valence-corrected chi connectivity index (χ1v) is 11.1. The molecule has 1 fully saturated rings. The summed E-state index contributed by atoms with van der Waals surface area (Å²) < 4.78 is 10.7. The van der Waals surface area contributed by atoms with Crippen molar-refractivity contribution >= 4 is 0 Å². The number of likely N-dealkylation sites (tertiary alicyclic amines) is 1. The van der Waals surface area contributed by atoms with E-state index in [9.17, 15) is 0 Å². The minimum atomic E-state index is 0.743. The molecule has 1 saturated heterocycles. The van der Waals surface area contributed by atoms with Crippen LogP contribution in [0.1, 0.15) is 30.4 Å². The van der Waals surface area contributed by atoms with Gasteiger partial charge in [-0.3, -0.25) is 9.88 Å². The maximum Gasteiger partial charge on any atom is 0.217 e. The molecule has 5 heteroatoms. The number of hydrogen-bond donors (Lipinski definition) is 0. The molecule has 3 aromatic rings. The largest absolute Gasteiger partial charge is 0.497 e. The fraction of sp³-hybridized carbons (Fsp3) is 0.385. The Balaban J connectivity index is 1.32. The number of rotatable bonds is 8. The summed E-state index contributed by atoms with van der Waals surface area (Å²) >= 11 is 0. The van der Waals surface area contributed by atoms with E-state index in [1.807, 2.05) is 30.5 Å². The minimum absolute atomic E-state index is 0.743. The predicted octanol–water partition coefficient (Wildman–Crippen LogP) is 5.01. The molecular formula is C26H31N3O2.